The van der Waals surface area contributed by atoms with Gasteiger partial charge in [-0.1, -0.05) is 42.5 Å². The number of ether oxygens (including phenoxy) is 1. The number of carbonyl (C=O) groups excluding carboxylic acids is 2. The third-order valence-corrected chi connectivity index (χ3v) is 6.02. The van der Waals surface area contributed by atoms with Crippen molar-refractivity contribution < 1.29 is 41.1 Å². The van der Waals surface area contributed by atoms with Gasteiger partial charge in [0.05, 0.1) is 23.0 Å². The molecule has 0 unspecified atom stereocenters. The Hall–Kier alpha value is -3.99. The zero-order valence-corrected chi connectivity index (χ0v) is 18.2. The van der Waals surface area contributed by atoms with Crippen molar-refractivity contribution in [2.75, 3.05) is 9.96 Å². The van der Waals surface area contributed by atoms with Crippen LogP contribution in [0.2, 0.25) is 0 Å². The van der Waals surface area contributed by atoms with Crippen LogP contribution in [-0.4, -0.2) is 24.5 Å². The molecule has 6 nitrogen and oxygen atoms in total. The molecule has 2 amide bonds. The van der Waals surface area contributed by atoms with E-state index in [0.717, 1.165) is 18.2 Å². The number of carbonyl (C=O) groups is 2. The monoisotopic (exact) mass is 504 g/mol. The summed E-state index contributed by atoms with van der Waals surface area (Å²) >= 11 is 0. The van der Waals surface area contributed by atoms with Gasteiger partial charge < -0.3 is 4.74 Å². The van der Waals surface area contributed by atoms with Crippen LogP contribution in [0.5, 0.6) is 5.75 Å². The van der Waals surface area contributed by atoms with Crippen LogP contribution in [0.3, 0.4) is 0 Å². The number of fused-ring (bicyclic) bond motifs is 1. The van der Waals surface area contributed by atoms with Crippen molar-refractivity contribution in [1.29, 1.82) is 0 Å². The Morgan fingerprint density at radius 3 is 2.11 bits per heavy atom. The van der Waals surface area contributed by atoms with Gasteiger partial charge in [0.15, 0.2) is 6.10 Å². The molecule has 3 atom stereocenters. The summed E-state index contributed by atoms with van der Waals surface area (Å²) in [7, 11) is 0. The van der Waals surface area contributed by atoms with Gasteiger partial charge in [0, 0.05) is 0 Å². The number of rotatable bonds is 5. The number of anilines is 2. The molecule has 0 N–H and O–H groups in total. The fourth-order valence-electron chi connectivity index (χ4n) is 4.54. The molecule has 0 bridgehead atoms. The summed E-state index contributed by atoms with van der Waals surface area (Å²) in [5.41, 5.74) is -0.798. The third kappa shape index (κ3) is 4.05. The maximum absolute atomic E-state index is 13.6. The Bertz CT molecular complexity index is 1280. The van der Waals surface area contributed by atoms with E-state index >= 15 is 0 Å². The lowest BCUT2D eigenvalue weighted by Crippen LogP contribution is -2.38. The van der Waals surface area contributed by atoms with Gasteiger partial charge in [0.1, 0.15) is 11.7 Å². The molecule has 186 valence electrons. The predicted molar refractivity (Wildman–Crippen MR) is 117 cm³/mol. The molecular formula is C25H17F5N2O4. The molecule has 0 spiro atoms. The molecule has 11 heteroatoms. The van der Waals surface area contributed by atoms with Gasteiger partial charge in [-0.05, 0) is 42.0 Å². The summed E-state index contributed by atoms with van der Waals surface area (Å²) in [5.74, 6) is -3.10. The fraction of sp³-hybridized carbons (Fsp3) is 0.200. The van der Waals surface area contributed by atoms with Gasteiger partial charge in [-0.3, -0.25) is 14.4 Å². The lowest BCUT2D eigenvalue weighted by atomic mass is 9.90. The molecule has 5 rings (SSSR count). The number of amides is 2. The van der Waals surface area contributed by atoms with E-state index in [1.54, 1.807) is 30.3 Å². The Labute approximate surface area is 201 Å². The summed E-state index contributed by atoms with van der Waals surface area (Å²) in [4.78, 5) is 33.2. The number of hydrogen-bond acceptors (Lipinski definition) is 5. The van der Waals surface area contributed by atoms with Crippen molar-refractivity contribution in [1.82, 2.24) is 0 Å². The first-order valence-electron chi connectivity index (χ1n) is 10.8. The molecule has 36 heavy (non-hydrogen) atoms. The summed E-state index contributed by atoms with van der Waals surface area (Å²) in [5, 5.41) is 1.35. The average Bonchev–Trinajstić information content (AvgIpc) is 3.35. The average molecular weight is 504 g/mol. The molecule has 3 aromatic rings. The van der Waals surface area contributed by atoms with Crippen molar-refractivity contribution in [3.05, 3.63) is 90.0 Å². The summed E-state index contributed by atoms with van der Waals surface area (Å²) in [6.07, 6.45) is -6.19. The first-order chi connectivity index (χ1) is 17.2. The van der Waals surface area contributed by atoms with E-state index in [1.807, 2.05) is 0 Å². The Morgan fingerprint density at radius 2 is 1.47 bits per heavy atom. The Morgan fingerprint density at radius 1 is 0.833 bits per heavy atom. The molecule has 0 aromatic heterocycles. The topological polar surface area (TPSA) is 59.1 Å². The predicted octanol–water partition coefficient (Wildman–Crippen LogP) is 5.36. The van der Waals surface area contributed by atoms with Crippen LogP contribution in [-0.2, 0) is 20.6 Å². The van der Waals surface area contributed by atoms with Crippen LogP contribution < -0.4 is 14.7 Å². The van der Waals surface area contributed by atoms with Crippen LogP contribution >= 0.6 is 0 Å². The van der Waals surface area contributed by atoms with Crippen molar-refractivity contribution in [2.45, 2.75) is 24.9 Å². The van der Waals surface area contributed by atoms with E-state index in [-0.39, 0.29) is 5.75 Å². The molecule has 2 heterocycles. The van der Waals surface area contributed by atoms with Crippen molar-refractivity contribution in [3.63, 3.8) is 0 Å². The molecule has 2 aliphatic heterocycles. The minimum absolute atomic E-state index is 0.120. The standard InChI is InChI=1S/C25H17F5N2O4/c26-24(27)35-16-12-10-14(11-13-16)20-19-21(36-32(20)15-6-2-1-3-7-15)23(34)31(22(19)33)18-9-5-4-8-17(18)25(28,29)30/h1-13,19-21,24H/t19-,20-,21+/m0/s1. The summed E-state index contributed by atoms with van der Waals surface area (Å²) in [6.45, 7) is -3.04. The van der Waals surface area contributed by atoms with Gasteiger partial charge in [0.25, 0.3) is 5.91 Å². The Balaban J connectivity index is 1.57. The second-order valence-corrected chi connectivity index (χ2v) is 8.13. The van der Waals surface area contributed by atoms with Gasteiger partial charge in [0.2, 0.25) is 5.91 Å². The number of alkyl halides is 5. The second-order valence-electron chi connectivity index (χ2n) is 8.13. The molecule has 0 saturated carbocycles. The van der Waals surface area contributed by atoms with E-state index in [9.17, 15) is 31.5 Å². The van der Waals surface area contributed by atoms with Gasteiger partial charge in [-0.25, -0.2) is 9.96 Å². The zero-order valence-electron chi connectivity index (χ0n) is 18.2. The smallest absolute Gasteiger partial charge is 0.418 e. The SMILES string of the molecule is O=C1[C@@H]2[C@@H](ON(c3ccccc3)[C@H]2c2ccc(OC(F)F)cc2)C(=O)N1c1ccccc1C(F)(F)F. The van der Waals surface area contributed by atoms with E-state index in [0.29, 0.717) is 16.2 Å². The molecule has 0 aliphatic carbocycles. The number of hydroxylamine groups is 1. The summed E-state index contributed by atoms with van der Waals surface area (Å²) < 4.78 is 70.5. The van der Waals surface area contributed by atoms with Crippen LogP contribution in [0.1, 0.15) is 17.2 Å². The normalized spacial score (nSPS) is 21.9. The van der Waals surface area contributed by atoms with E-state index in [1.165, 1.54) is 35.4 Å². The lowest BCUT2D eigenvalue weighted by Gasteiger charge is -2.29. The van der Waals surface area contributed by atoms with Crippen molar-refractivity contribution >= 4 is 23.2 Å². The Kier molecular flexibility index (Phi) is 5.87. The van der Waals surface area contributed by atoms with E-state index in [4.69, 9.17) is 4.84 Å². The van der Waals surface area contributed by atoms with Crippen LogP contribution in [0, 0.1) is 5.92 Å². The van der Waals surface area contributed by atoms with E-state index < -0.39 is 53.9 Å². The highest BCUT2D eigenvalue weighted by atomic mass is 19.4. The van der Waals surface area contributed by atoms with Crippen LogP contribution in [0.15, 0.2) is 78.9 Å². The van der Waals surface area contributed by atoms with E-state index in [2.05, 4.69) is 4.74 Å². The third-order valence-electron chi connectivity index (χ3n) is 6.02. The first kappa shape index (κ1) is 23.7. The number of benzene rings is 3. The maximum Gasteiger partial charge on any atom is 0.418 e. The van der Waals surface area contributed by atoms with Gasteiger partial charge >= 0.3 is 12.8 Å². The van der Waals surface area contributed by atoms with Gasteiger partial charge in [-0.2, -0.15) is 22.0 Å². The minimum atomic E-state index is -4.80. The lowest BCUT2D eigenvalue weighted by molar-refractivity contribution is -0.137. The minimum Gasteiger partial charge on any atom is -0.435 e. The molecule has 0 radical (unpaired) electrons. The second kappa shape index (κ2) is 8.90. The summed E-state index contributed by atoms with van der Waals surface area (Å²) in [6, 6.07) is 17.3. The quantitative estimate of drug-likeness (QED) is 0.346. The molecular weight excluding hydrogens is 487 g/mol. The van der Waals surface area contributed by atoms with Crippen molar-refractivity contribution in [3.8, 4) is 5.75 Å². The zero-order chi connectivity index (χ0) is 25.6. The largest absolute Gasteiger partial charge is 0.435 e. The highest BCUT2D eigenvalue weighted by Crippen LogP contribution is 2.49. The number of hydrogen-bond donors (Lipinski definition) is 0. The highest BCUT2D eigenvalue weighted by molar-refractivity contribution is 6.24. The molecule has 2 fully saturated rings. The molecule has 3 aromatic carbocycles. The highest BCUT2D eigenvalue weighted by Gasteiger charge is 2.61. The maximum atomic E-state index is 13.6. The van der Waals surface area contributed by atoms with Crippen LogP contribution in [0.4, 0.5) is 33.3 Å². The van der Waals surface area contributed by atoms with Crippen LogP contribution in [0.25, 0.3) is 0 Å². The van der Waals surface area contributed by atoms with Crippen molar-refractivity contribution in [2.24, 2.45) is 5.92 Å². The molecule has 2 saturated heterocycles. The molecule has 2 aliphatic rings. The number of para-hydroxylation sites is 2. The first-order valence-corrected chi connectivity index (χ1v) is 10.8. The van der Waals surface area contributed by atoms with Gasteiger partial charge in [-0.15, -0.1) is 0 Å². The number of imide groups is 1. The fourth-order valence-corrected chi connectivity index (χ4v) is 4.54. The number of nitrogens with zero attached hydrogens (tertiary/aromatic N) is 2. The number of halogens is 5.